The van der Waals surface area contributed by atoms with Crippen LogP contribution in [0.25, 0.3) is 0 Å². The maximum atomic E-state index is 8.90. The first-order chi connectivity index (χ1) is 6.81. The molecule has 0 fully saturated rings. The second-order valence-corrected chi connectivity index (χ2v) is 1.07. The summed E-state index contributed by atoms with van der Waals surface area (Å²) in [5.41, 5.74) is 0. The summed E-state index contributed by atoms with van der Waals surface area (Å²) >= 11 is 0. The smallest absolute Gasteiger partial charge is 0.448 e. The van der Waals surface area contributed by atoms with E-state index in [-0.39, 0.29) is 79.9 Å². The van der Waals surface area contributed by atoms with Crippen molar-refractivity contribution in [1.82, 2.24) is 0 Å². The molecule has 0 aromatic heterocycles. The molecule has 0 aliphatic rings. The van der Waals surface area contributed by atoms with Gasteiger partial charge in [-0.1, -0.05) is 0 Å². The Hall–Kier alpha value is 0.339. The molecule has 6 N–H and O–H groups in total. The Morgan fingerprint density at radius 3 is 0.647 bits per heavy atom. The first-order valence-electron chi connectivity index (χ1n) is 2.44. The van der Waals surface area contributed by atoms with Crippen LogP contribution in [-0.2, 0) is 14.7 Å². The van der Waals surface area contributed by atoms with Crippen molar-refractivity contribution in [2.75, 3.05) is 0 Å². The molecule has 14 heteroatoms. The minimum absolute atomic E-state index is 0. The van der Waals surface area contributed by atoms with E-state index in [1.807, 2.05) is 0 Å². The standard InChI is InChI=1S/3CH2O4.2Gd/c3*2-1(3)5-4;;/h3*4H,(H,2,3);;. The summed E-state index contributed by atoms with van der Waals surface area (Å²) in [5.74, 6) is 0. The van der Waals surface area contributed by atoms with Gasteiger partial charge in [0.25, 0.3) is 0 Å². The van der Waals surface area contributed by atoms with Crippen molar-refractivity contribution in [3.63, 3.8) is 0 Å². The van der Waals surface area contributed by atoms with Crippen molar-refractivity contribution >= 4 is 18.5 Å². The van der Waals surface area contributed by atoms with Gasteiger partial charge in [0.2, 0.25) is 0 Å². The Bertz CT molecular complexity index is 159. The molecular formula is C3H6Gd2O12. The fourth-order valence-corrected chi connectivity index (χ4v) is 0. The average Bonchev–Trinajstić information content (AvgIpc) is 2.19. The van der Waals surface area contributed by atoms with Gasteiger partial charge in [-0.15, -0.1) is 0 Å². The fraction of sp³-hybridized carbons (Fsp3) is 0. The topological polar surface area (TPSA) is 200 Å². The second kappa shape index (κ2) is 25.3. The molecule has 0 amide bonds. The third-order valence-electron chi connectivity index (χ3n) is 0.234. The van der Waals surface area contributed by atoms with Crippen LogP contribution in [0.2, 0.25) is 0 Å². The van der Waals surface area contributed by atoms with Gasteiger partial charge in [0.15, 0.2) is 0 Å². The zero-order chi connectivity index (χ0) is 12.9. The first kappa shape index (κ1) is 30.4. The van der Waals surface area contributed by atoms with E-state index in [4.69, 9.17) is 45.5 Å². The second-order valence-electron chi connectivity index (χ2n) is 1.07. The largest absolute Gasteiger partial charge is 0.537 e. The van der Waals surface area contributed by atoms with Crippen molar-refractivity contribution in [3.05, 3.63) is 0 Å². The molecular weight excluding hydrogens is 543 g/mol. The number of carboxylic acid groups (broad SMARTS) is 3. The van der Waals surface area contributed by atoms with Crippen LogP contribution in [0.1, 0.15) is 0 Å². The van der Waals surface area contributed by atoms with Crippen LogP contribution >= 0.6 is 0 Å². The van der Waals surface area contributed by atoms with E-state index in [1.165, 1.54) is 0 Å². The van der Waals surface area contributed by atoms with Crippen molar-refractivity contribution in [3.8, 4) is 0 Å². The molecule has 0 rings (SSSR count). The molecule has 0 aliphatic carbocycles. The molecule has 0 saturated heterocycles. The summed E-state index contributed by atoms with van der Waals surface area (Å²) in [6.45, 7) is 0. The molecule has 0 aromatic rings. The molecule has 0 atom stereocenters. The predicted molar refractivity (Wildman–Crippen MR) is 35.2 cm³/mol. The SMILES string of the molecule is O=C(O)OO.O=C(O)OO.O=C(O)OO.[Gd].[Gd]. The van der Waals surface area contributed by atoms with Crippen LogP contribution in [0, 0.1) is 79.9 Å². The number of carbonyl (C=O) groups is 3. The molecule has 12 nitrogen and oxygen atoms in total. The van der Waals surface area contributed by atoms with Gasteiger partial charge in [-0.2, -0.15) is 15.8 Å². The Labute approximate surface area is 156 Å². The quantitative estimate of drug-likeness (QED) is 0.139. The van der Waals surface area contributed by atoms with E-state index in [9.17, 15) is 0 Å². The zero-order valence-corrected chi connectivity index (χ0v) is 11.9. The van der Waals surface area contributed by atoms with Gasteiger partial charge >= 0.3 is 18.5 Å². The van der Waals surface area contributed by atoms with Gasteiger partial charge in [-0.25, -0.2) is 14.4 Å². The summed E-state index contributed by atoms with van der Waals surface area (Å²) in [6, 6.07) is 0. The maximum Gasteiger partial charge on any atom is 0.537 e. The van der Waals surface area contributed by atoms with E-state index in [0.717, 1.165) is 0 Å². The number of hydrogen-bond acceptors (Lipinski definition) is 9. The zero-order valence-electron chi connectivity index (χ0n) is 7.34. The molecule has 0 unspecified atom stereocenters. The van der Waals surface area contributed by atoms with Crippen molar-refractivity contribution < 1.29 is 140 Å². The van der Waals surface area contributed by atoms with Gasteiger partial charge in [0.1, 0.15) is 0 Å². The van der Waals surface area contributed by atoms with Crippen LogP contribution in [0.5, 0.6) is 0 Å². The minimum atomic E-state index is -1.69. The molecule has 0 aromatic carbocycles. The van der Waals surface area contributed by atoms with Gasteiger partial charge in [0, 0.05) is 79.9 Å². The van der Waals surface area contributed by atoms with E-state index in [2.05, 4.69) is 14.7 Å². The predicted octanol–water partition coefficient (Wildman–Crippen LogP) is 0.462. The Morgan fingerprint density at radius 2 is 0.647 bits per heavy atom. The van der Waals surface area contributed by atoms with Crippen molar-refractivity contribution in [2.45, 2.75) is 0 Å². The third kappa shape index (κ3) is 83.6. The van der Waals surface area contributed by atoms with Crippen LogP contribution in [0.15, 0.2) is 0 Å². The van der Waals surface area contributed by atoms with Crippen molar-refractivity contribution in [1.29, 1.82) is 0 Å². The molecule has 0 heterocycles. The van der Waals surface area contributed by atoms with E-state index in [0.29, 0.717) is 0 Å². The van der Waals surface area contributed by atoms with Crippen LogP contribution in [0.4, 0.5) is 14.4 Å². The summed E-state index contributed by atoms with van der Waals surface area (Å²) in [7, 11) is 0. The molecule has 17 heavy (non-hydrogen) atoms. The van der Waals surface area contributed by atoms with Gasteiger partial charge in [-0.3, -0.25) is 14.7 Å². The monoisotopic (exact) mass is 550 g/mol. The Balaban J connectivity index is -0.0000000400. The average molecular weight is 549 g/mol. The first-order valence-corrected chi connectivity index (χ1v) is 2.44. The van der Waals surface area contributed by atoms with Gasteiger partial charge in [-0.05, 0) is 0 Å². The number of hydrogen-bond donors (Lipinski definition) is 6. The van der Waals surface area contributed by atoms with E-state index in [1.54, 1.807) is 0 Å². The van der Waals surface area contributed by atoms with Crippen LogP contribution in [-0.4, -0.2) is 49.6 Å². The fourth-order valence-electron chi connectivity index (χ4n) is 0. The third-order valence-corrected chi connectivity index (χ3v) is 0.234. The number of rotatable bonds is 0. The van der Waals surface area contributed by atoms with Crippen LogP contribution in [0.3, 0.4) is 0 Å². The van der Waals surface area contributed by atoms with Gasteiger partial charge < -0.3 is 15.3 Å². The van der Waals surface area contributed by atoms with Gasteiger partial charge in [0.05, 0.1) is 0 Å². The minimum Gasteiger partial charge on any atom is -0.448 e. The molecule has 0 radical (unpaired) electrons. The van der Waals surface area contributed by atoms with E-state index < -0.39 is 18.5 Å². The van der Waals surface area contributed by atoms with Crippen molar-refractivity contribution in [2.24, 2.45) is 0 Å². The molecule has 0 spiro atoms. The molecule has 0 bridgehead atoms. The van der Waals surface area contributed by atoms with Crippen LogP contribution < -0.4 is 0 Å². The Kier molecular flexibility index (Phi) is 45.2. The van der Waals surface area contributed by atoms with E-state index >= 15 is 0 Å². The molecule has 106 valence electrons. The molecule has 0 saturated carbocycles. The summed E-state index contributed by atoms with van der Waals surface area (Å²) in [6.07, 6.45) is -5.07. The molecule has 0 aliphatic heterocycles. The maximum absolute atomic E-state index is 8.90. The Morgan fingerprint density at radius 1 is 0.588 bits per heavy atom. The summed E-state index contributed by atoms with van der Waals surface area (Å²) in [5, 5.41) is 42.9. The summed E-state index contributed by atoms with van der Waals surface area (Å²) < 4.78 is 0. The summed E-state index contributed by atoms with van der Waals surface area (Å²) in [4.78, 5) is 34.7. The normalized spacial score (nSPS) is 5.82.